The van der Waals surface area contributed by atoms with Gasteiger partial charge in [-0.05, 0) is 47.8 Å². The molecule has 39 heavy (non-hydrogen) atoms. The molecule has 4 rings (SSSR count). The van der Waals surface area contributed by atoms with Crippen molar-refractivity contribution in [3.8, 4) is 0 Å². The van der Waals surface area contributed by atoms with Gasteiger partial charge in [0.2, 0.25) is 17.6 Å². The topological polar surface area (TPSA) is 177 Å². The van der Waals surface area contributed by atoms with Crippen LogP contribution in [0.25, 0.3) is 0 Å². The van der Waals surface area contributed by atoms with Gasteiger partial charge in [0.1, 0.15) is 12.1 Å². The van der Waals surface area contributed by atoms with Crippen LogP contribution in [0.15, 0.2) is 0 Å². The number of piperidine rings is 1. The number of carbonyl (C=O) groups is 5. The van der Waals surface area contributed by atoms with Gasteiger partial charge >= 0.3 is 6.03 Å². The zero-order valence-corrected chi connectivity index (χ0v) is 24.0. The number of ketones is 1. The summed E-state index contributed by atoms with van der Waals surface area (Å²) < 4.78 is 0. The lowest BCUT2D eigenvalue weighted by Crippen LogP contribution is -2.63. The minimum Gasteiger partial charge on any atom is -0.363 e. The maximum Gasteiger partial charge on any atom is 0.315 e. The first kappa shape index (κ1) is 29.3. The highest BCUT2D eigenvalue weighted by Gasteiger charge is 2.70. The van der Waals surface area contributed by atoms with E-state index in [2.05, 4.69) is 29.8 Å². The lowest BCUT2D eigenvalue weighted by Gasteiger charge is -2.38. The van der Waals surface area contributed by atoms with E-state index in [1.807, 2.05) is 20.8 Å². The van der Waals surface area contributed by atoms with E-state index < -0.39 is 52.7 Å². The molecule has 11 nitrogen and oxygen atoms in total. The van der Waals surface area contributed by atoms with Gasteiger partial charge in [-0.1, -0.05) is 60.3 Å². The Morgan fingerprint density at radius 1 is 1.03 bits per heavy atom. The van der Waals surface area contributed by atoms with Gasteiger partial charge in [0.15, 0.2) is 0 Å². The monoisotopic (exact) mass is 546 g/mol. The molecule has 0 aromatic rings. The third-order valence-corrected chi connectivity index (χ3v) is 9.62. The molecule has 218 valence electrons. The number of primary amides is 1. The Labute approximate surface area is 230 Å². The van der Waals surface area contributed by atoms with E-state index in [4.69, 9.17) is 11.5 Å². The first-order chi connectivity index (χ1) is 18.1. The number of likely N-dealkylation sites (tertiary alicyclic amines) is 1. The van der Waals surface area contributed by atoms with Gasteiger partial charge in [-0.3, -0.25) is 19.2 Å². The standard InChI is InChI=1S/C28H46N6O5/c1-26(2,3)21(32-25(39)33-28(14-29)10-6-7-11-28)24(38)34-13-16-18(27(16,4)5)19(34)23(37)31-17(12-15-8-9-15)20(35)22(30)36/h15-19,21H,6-14,29H2,1-5H3,(H2,30,36)(H,31,37)(H2,32,33,39)/t16-,17?,18-,19-,21+/m0/s1. The van der Waals surface area contributed by atoms with Gasteiger partial charge in [-0.15, -0.1) is 0 Å². The van der Waals surface area contributed by atoms with E-state index in [1.165, 1.54) is 0 Å². The van der Waals surface area contributed by atoms with Gasteiger partial charge in [0.05, 0.1) is 11.6 Å². The summed E-state index contributed by atoms with van der Waals surface area (Å²) in [6.45, 7) is 10.5. The summed E-state index contributed by atoms with van der Waals surface area (Å²) in [6, 6.07) is -3.14. The number of rotatable bonds is 10. The molecule has 7 N–H and O–H groups in total. The summed E-state index contributed by atoms with van der Waals surface area (Å²) in [5, 5.41) is 8.69. The van der Waals surface area contributed by atoms with Crippen molar-refractivity contribution in [1.82, 2.24) is 20.9 Å². The molecule has 1 aliphatic heterocycles. The minimum absolute atomic E-state index is 0.0832. The van der Waals surface area contributed by atoms with Gasteiger partial charge in [-0.2, -0.15) is 0 Å². The second-order valence-electron chi connectivity index (χ2n) is 13.9. The quantitative estimate of drug-likeness (QED) is 0.253. The van der Waals surface area contributed by atoms with E-state index in [-0.39, 0.29) is 29.1 Å². The number of amides is 5. The molecule has 0 radical (unpaired) electrons. The first-order valence-corrected chi connectivity index (χ1v) is 14.3. The van der Waals surface area contributed by atoms with Crippen molar-refractivity contribution in [3.05, 3.63) is 0 Å². The highest BCUT2D eigenvalue weighted by atomic mass is 16.2. The number of nitrogens with one attached hydrogen (secondary N) is 3. The predicted octanol–water partition coefficient (Wildman–Crippen LogP) is 0.794. The second-order valence-corrected chi connectivity index (χ2v) is 13.9. The molecule has 3 saturated carbocycles. The number of nitrogens with two attached hydrogens (primary N) is 2. The molecular weight excluding hydrogens is 500 g/mol. The predicted molar refractivity (Wildman–Crippen MR) is 145 cm³/mol. The first-order valence-electron chi connectivity index (χ1n) is 14.3. The molecule has 0 spiro atoms. The van der Waals surface area contributed by atoms with E-state index in [0.29, 0.717) is 19.5 Å². The third kappa shape index (κ3) is 5.93. The summed E-state index contributed by atoms with van der Waals surface area (Å²) >= 11 is 0. The van der Waals surface area contributed by atoms with Crippen LogP contribution >= 0.6 is 0 Å². The molecule has 5 atom stereocenters. The number of nitrogens with zero attached hydrogens (tertiary/aromatic N) is 1. The number of urea groups is 1. The molecule has 0 bridgehead atoms. The number of hydrogen-bond acceptors (Lipinski definition) is 6. The maximum atomic E-state index is 14.1. The smallest absolute Gasteiger partial charge is 0.315 e. The highest BCUT2D eigenvalue weighted by Crippen LogP contribution is 2.65. The zero-order chi connectivity index (χ0) is 28.9. The number of Topliss-reactive ketones (excluding diaryl/α,β-unsaturated/α-hetero) is 1. The molecule has 3 aliphatic carbocycles. The van der Waals surface area contributed by atoms with Crippen molar-refractivity contribution in [2.45, 2.75) is 103 Å². The molecule has 4 aliphatic rings. The fourth-order valence-corrected chi connectivity index (χ4v) is 6.81. The van der Waals surface area contributed by atoms with E-state index in [0.717, 1.165) is 38.5 Å². The van der Waals surface area contributed by atoms with Crippen LogP contribution < -0.4 is 27.4 Å². The molecular formula is C28H46N6O5. The fourth-order valence-electron chi connectivity index (χ4n) is 6.81. The Kier molecular flexibility index (Phi) is 7.79. The van der Waals surface area contributed by atoms with Crippen LogP contribution in [0.1, 0.15) is 79.6 Å². The number of fused-ring (bicyclic) bond motifs is 1. The maximum absolute atomic E-state index is 14.1. The zero-order valence-electron chi connectivity index (χ0n) is 24.0. The summed E-state index contributed by atoms with van der Waals surface area (Å²) in [5.41, 5.74) is 10.0. The van der Waals surface area contributed by atoms with E-state index in [9.17, 15) is 24.0 Å². The second kappa shape index (κ2) is 10.4. The van der Waals surface area contributed by atoms with E-state index in [1.54, 1.807) is 4.90 Å². The molecule has 1 saturated heterocycles. The average molecular weight is 547 g/mol. The molecule has 0 aromatic carbocycles. The van der Waals surface area contributed by atoms with Crippen molar-refractivity contribution in [2.24, 2.45) is 40.1 Å². The molecule has 5 amide bonds. The van der Waals surface area contributed by atoms with Gasteiger partial charge in [0.25, 0.3) is 5.91 Å². The molecule has 1 heterocycles. The minimum atomic E-state index is -1.08. The molecule has 4 fully saturated rings. The Morgan fingerprint density at radius 2 is 1.64 bits per heavy atom. The van der Waals surface area contributed by atoms with Gasteiger partial charge in [-0.25, -0.2) is 4.79 Å². The summed E-state index contributed by atoms with van der Waals surface area (Å²) in [7, 11) is 0. The van der Waals surface area contributed by atoms with Crippen LogP contribution in [-0.4, -0.2) is 71.2 Å². The van der Waals surface area contributed by atoms with Gasteiger partial charge in [0, 0.05) is 13.1 Å². The van der Waals surface area contributed by atoms with Crippen molar-refractivity contribution >= 4 is 29.5 Å². The van der Waals surface area contributed by atoms with Crippen LogP contribution in [0.2, 0.25) is 0 Å². The van der Waals surface area contributed by atoms with E-state index >= 15 is 0 Å². The van der Waals surface area contributed by atoms with Crippen molar-refractivity contribution in [1.29, 1.82) is 0 Å². The van der Waals surface area contributed by atoms with Crippen LogP contribution in [0.5, 0.6) is 0 Å². The summed E-state index contributed by atoms with van der Waals surface area (Å²) in [6.07, 6.45) is 5.81. The Balaban J connectivity index is 1.53. The lowest BCUT2D eigenvalue weighted by atomic mass is 9.85. The number of carbonyl (C=O) groups excluding carboxylic acids is 5. The Bertz CT molecular complexity index is 1030. The van der Waals surface area contributed by atoms with Crippen LogP contribution in [0, 0.1) is 28.6 Å². The average Bonchev–Trinajstić information content (AvgIpc) is 3.59. The van der Waals surface area contributed by atoms with Crippen molar-refractivity contribution in [3.63, 3.8) is 0 Å². The molecule has 11 heteroatoms. The molecule has 0 aromatic heterocycles. The lowest BCUT2D eigenvalue weighted by molar-refractivity contribution is -0.145. The summed E-state index contributed by atoms with van der Waals surface area (Å²) in [4.78, 5) is 66.6. The van der Waals surface area contributed by atoms with Crippen LogP contribution in [0.3, 0.4) is 0 Å². The van der Waals surface area contributed by atoms with Crippen molar-refractivity contribution < 1.29 is 24.0 Å². The summed E-state index contributed by atoms with van der Waals surface area (Å²) in [5.74, 6) is -2.37. The highest BCUT2D eigenvalue weighted by molar-refractivity contribution is 6.37. The fraction of sp³-hybridized carbons (Fsp3) is 0.821. The Morgan fingerprint density at radius 3 is 2.15 bits per heavy atom. The Hall–Kier alpha value is -2.69. The van der Waals surface area contributed by atoms with Crippen LogP contribution in [-0.2, 0) is 19.2 Å². The normalized spacial score (nSPS) is 28.2. The van der Waals surface area contributed by atoms with Gasteiger partial charge < -0.3 is 32.3 Å². The largest absolute Gasteiger partial charge is 0.363 e. The molecule has 1 unspecified atom stereocenters. The van der Waals surface area contributed by atoms with Crippen molar-refractivity contribution in [2.75, 3.05) is 13.1 Å². The van der Waals surface area contributed by atoms with Crippen LogP contribution in [0.4, 0.5) is 4.79 Å². The number of hydrogen-bond donors (Lipinski definition) is 5. The SMILES string of the molecule is CC(C)(C)[C@H](NC(=O)NC1(CN)CCCC1)C(=O)N1C[C@H]2[C@@H]([C@H]1C(=O)NC(CC1CC1)C(=O)C(N)=O)C2(C)C. The third-order valence-electron chi connectivity index (χ3n) is 9.62.